The maximum Gasteiger partial charge on any atom is 0.303 e. The van der Waals surface area contributed by atoms with Crippen LogP contribution in [-0.4, -0.2) is 26.0 Å². The number of sulfonamides is 1. The number of carbonyl (C=O) groups is 1. The molecule has 114 valence electrons. The zero-order valence-electron chi connectivity index (χ0n) is 11.8. The van der Waals surface area contributed by atoms with Crippen molar-refractivity contribution in [3.05, 3.63) is 17.0 Å². The first-order valence-corrected chi connectivity index (χ1v) is 8.95. The summed E-state index contributed by atoms with van der Waals surface area (Å²) in [5.41, 5.74) is 0. The van der Waals surface area contributed by atoms with E-state index in [1.54, 1.807) is 6.07 Å². The van der Waals surface area contributed by atoms with E-state index in [4.69, 9.17) is 5.11 Å². The minimum atomic E-state index is -3.42. The minimum absolute atomic E-state index is 0.124. The van der Waals surface area contributed by atoms with Crippen molar-refractivity contribution in [2.75, 3.05) is 6.54 Å². The first-order valence-electron chi connectivity index (χ1n) is 6.65. The Balaban J connectivity index is 2.42. The van der Waals surface area contributed by atoms with E-state index in [1.165, 1.54) is 11.3 Å². The predicted octanol–water partition coefficient (Wildman–Crippen LogP) is 2.48. The summed E-state index contributed by atoms with van der Waals surface area (Å²) in [6, 6.07) is 3.45. The van der Waals surface area contributed by atoms with E-state index in [0.29, 0.717) is 23.6 Å². The van der Waals surface area contributed by atoms with Crippen molar-refractivity contribution in [2.45, 2.75) is 43.7 Å². The normalized spacial score (nSPS) is 13.3. The molecule has 1 heterocycles. The molecule has 0 saturated heterocycles. The zero-order valence-corrected chi connectivity index (χ0v) is 13.4. The highest BCUT2D eigenvalue weighted by molar-refractivity contribution is 7.91. The molecule has 1 atom stereocenters. The first-order chi connectivity index (χ1) is 9.35. The monoisotopic (exact) mass is 319 g/mol. The Hall–Kier alpha value is -0.920. The number of carboxylic acids is 1. The van der Waals surface area contributed by atoms with Gasteiger partial charge in [0.15, 0.2) is 0 Å². The number of hydrogen-bond donors (Lipinski definition) is 2. The van der Waals surface area contributed by atoms with E-state index in [0.717, 1.165) is 11.3 Å². The van der Waals surface area contributed by atoms with Gasteiger partial charge in [-0.2, -0.15) is 0 Å². The fourth-order valence-corrected chi connectivity index (χ4v) is 4.11. The summed E-state index contributed by atoms with van der Waals surface area (Å²) in [6.45, 7) is 4.25. The second kappa shape index (κ2) is 7.75. The van der Waals surface area contributed by atoms with E-state index in [2.05, 4.69) is 4.72 Å². The molecule has 0 amide bonds. The summed E-state index contributed by atoms with van der Waals surface area (Å²) < 4.78 is 26.9. The van der Waals surface area contributed by atoms with Gasteiger partial charge < -0.3 is 5.11 Å². The van der Waals surface area contributed by atoms with E-state index in [-0.39, 0.29) is 12.3 Å². The summed E-state index contributed by atoms with van der Waals surface area (Å²) in [5.74, 6) is -0.633. The van der Waals surface area contributed by atoms with Crippen LogP contribution < -0.4 is 4.72 Å². The Morgan fingerprint density at radius 1 is 1.40 bits per heavy atom. The second-order valence-corrected chi connectivity index (χ2v) is 7.96. The third-order valence-corrected chi connectivity index (χ3v) is 6.21. The number of carboxylic acid groups (broad SMARTS) is 1. The van der Waals surface area contributed by atoms with E-state index in [9.17, 15) is 13.2 Å². The van der Waals surface area contributed by atoms with Crippen molar-refractivity contribution in [2.24, 2.45) is 5.92 Å². The molecule has 5 nitrogen and oxygen atoms in total. The van der Waals surface area contributed by atoms with Gasteiger partial charge in [0, 0.05) is 17.8 Å². The minimum Gasteiger partial charge on any atom is -0.481 e. The maximum absolute atomic E-state index is 12.0. The van der Waals surface area contributed by atoms with Crippen LogP contribution in [0.25, 0.3) is 0 Å². The van der Waals surface area contributed by atoms with Crippen molar-refractivity contribution < 1.29 is 18.3 Å². The molecule has 1 unspecified atom stereocenters. The molecule has 1 aromatic heterocycles. The lowest BCUT2D eigenvalue weighted by Crippen LogP contribution is -2.25. The molecule has 0 saturated carbocycles. The fourth-order valence-electron chi connectivity index (χ4n) is 1.72. The van der Waals surface area contributed by atoms with Crippen molar-refractivity contribution in [1.29, 1.82) is 0 Å². The number of aryl methyl sites for hydroxylation is 1. The molecule has 0 spiro atoms. The SMILES string of the molecule is CCc1ccc(S(=O)(=O)NCCC(C)CCC(=O)O)s1. The molecule has 1 rings (SSSR count). The molecule has 0 fully saturated rings. The van der Waals surface area contributed by atoms with Gasteiger partial charge in [-0.3, -0.25) is 4.79 Å². The topological polar surface area (TPSA) is 83.5 Å². The summed E-state index contributed by atoms with van der Waals surface area (Å²) >= 11 is 1.28. The molecule has 1 aromatic rings. The Morgan fingerprint density at radius 2 is 2.10 bits per heavy atom. The van der Waals surface area contributed by atoms with Gasteiger partial charge in [0.25, 0.3) is 0 Å². The molecule has 0 radical (unpaired) electrons. The van der Waals surface area contributed by atoms with E-state index >= 15 is 0 Å². The van der Waals surface area contributed by atoms with Crippen LogP contribution in [0.3, 0.4) is 0 Å². The van der Waals surface area contributed by atoms with Gasteiger partial charge in [0.2, 0.25) is 10.0 Å². The average molecular weight is 319 g/mol. The maximum atomic E-state index is 12.0. The smallest absolute Gasteiger partial charge is 0.303 e. The average Bonchev–Trinajstić information content (AvgIpc) is 2.85. The molecular weight excluding hydrogens is 298 g/mol. The van der Waals surface area contributed by atoms with Crippen molar-refractivity contribution in [1.82, 2.24) is 4.72 Å². The van der Waals surface area contributed by atoms with Crippen molar-refractivity contribution in [3.63, 3.8) is 0 Å². The number of nitrogens with one attached hydrogen (secondary N) is 1. The lowest BCUT2D eigenvalue weighted by Gasteiger charge is -2.10. The standard InChI is InChI=1S/C13H21NO4S2/c1-3-11-5-7-13(19-11)20(17,18)14-9-8-10(2)4-6-12(15)16/h5,7,10,14H,3-4,6,8-9H2,1-2H3,(H,15,16). The van der Waals surface area contributed by atoms with E-state index in [1.807, 2.05) is 19.9 Å². The summed E-state index contributed by atoms with van der Waals surface area (Å²) in [5, 5.41) is 8.58. The predicted molar refractivity (Wildman–Crippen MR) is 79.5 cm³/mol. The third-order valence-electron chi connectivity index (χ3n) is 3.03. The van der Waals surface area contributed by atoms with Crippen LogP contribution in [0.1, 0.15) is 38.0 Å². The first kappa shape index (κ1) is 17.1. The van der Waals surface area contributed by atoms with Gasteiger partial charge in [-0.1, -0.05) is 13.8 Å². The molecule has 0 aromatic carbocycles. The van der Waals surface area contributed by atoms with Crippen LogP contribution in [0, 0.1) is 5.92 Å². The highest BCUT2D eigenvalue weighted by Crippen LogP contribution is 2.21. The number of aliphatic carboxylic acids is 1. The molecule has 0 bridgehead atoms. The Kier molecular flexibility index (Phi) is 6.64. The van der Waals surface area contributed by atoms with Gasteiger partial charge in [0.1, 0.15) is 4.21 Å². The van der Waals surface area contributed by atoms with Crippen LogP contribution in [0.5, 0.6) is 0 Å². The fraction of sp³-hybridized carbons (Fsp3) is 0.615. The molecular formula is C13H21NO4S2. The van der Waals surface area contributed by atoms with Gasteiger partial charge in [-0.15, -0.1) is 11.3 Å². The van der Waals surface area contributed by atoms with Gasteiger partial charge >= 0.3 is 5.97 Å². The summed E-state index contributed by atoms with van der Waals surface area (Å²) in [6.07, 6.45) is 2.15. The Bertz CT molecular complexity index is 536. The van der Waals surface area contributed by atoms with Gasteiger partial charge in [-0.25, -0.2) is 13.1 Å². The molecule has 0 aliphatic rings. The van der Waals surface area contributed by atoms with Crippen LogP contribution in [0.15, 0.2) is 16.3 Å². The van der Waals surface area contributed by atoms with E-state index < -0.39 is 16.0 Å². The Labute approximate surface area is 124 Å². The zero-order chi connectivity index (χ0) is 15.2. The molecule has 0 aliphatic heterocycles. The molecule has 7 heteroatoms. The third kappa shape index (κ3) is 5.60. The van der Waals surface area contributed by atoms with Crippen LogP contribution >= 0.6 is 11.3 Å². The quantitative estimate of drug-likeness (QED) is 0.732. The lowest BCUT2D eigenvalue weighted by molar-refractivity contribution is -0.137. The molecule has 0 aliphatic carbocycles. The lowest BCUT2D eigenvalue weighted by atomic mass is 10.0. The van der Waals surface area contributed by atoms with Crippen molar-refractivity contribution in [3.8, 4) is 0 Å². The van der Waals surface area contributed by atoms with Crippen LogP contribution in [-0.2, 0) is 21.2 Å². The highest BCUT2D eigenvalue weighted by atomic mass is 32.2. The van der Waals surface area contributed by atoms with Crippen molar-refractivity contribution >= 4 is 27.3 Å². The van der Waals surface area contributed by atoms with Crippen LogP contribution in [0.4, 0.5) is 0 Å². The van der Waals surface area contributed by atoms with Gasteiger partial charge in [0.05, 0.1) is 0 Å². The number of rotatable bonds is 9. The summed E-state index contributed by atoms with van der Waals surface area (Å²) in [4.78, 5) is 11.5. The number of thiophene rings is 1. The Morgan fingerprint density at radius 3 is 2.65 bits per heavy atom. The van der Waals surface area contributed by atoms with Gasteiger partial charge in [-0.05, 0) is 37.3 Å². The summed E-state index contributed by atoms with van der Waals surface area (Å²) in [7, 11) is -3.42. The largest absolute Gasteiger partial charge is 0.481 e. The van der Waals surface area contributed by atoms with Crippen LogP contribution in [0.2, 0.25) is 0 Å². The molecule has 20 heavy (non-hydrogen) atoms. The second-order valence-electron chi connectivity index (χ2n) is 4.80. The highest BCUT2D eigenvalue weighted by Gasteiger charge is 2.16. The molecule has 2 N–H and O–H groups in total. The number of hydrogen-bond acceptors (Lipinski definition) is 4.